The normalized spacial score (nSPS) is 22.1. The van der Waals surface area contributed by atoms with Gasteiger partial charge in [-0.2, -0.15) is 10.2 Å². The first-order valence-electron chi connectivity index (χ1n) is 7.31. The predicted octanol–water partition coefficient (Wildman–Crippen LogP) is 2.15. The molecule has 6 nitrogen and oxygen atoms in total. The summed E-state index contributed by atoms with van der Waals surface area (Å²) in [6, 6.07) is 2.31. The molecular weight excluding hydrogens is 266 g/mol. The van der Waals surface area contributed by atoms with Crippen LogP contribution >= 0.6 is 0 Å². The number of H-pyrrole nitrogens is 1. The molecule has 0 amide bonds. The van der Waals surface area contributed by atoms with Gasteiger partial charge < -0.3 is 10.1 Å². The van der Waals surface area contributed by atoms with Crippen molar-refractivity contribution >= 4 is 11.0 Å². The standard InChI is InChI=1S/C15H17N5O/c21-9-10-2-1-3-14(10)20-8-11(6-18-20)13-7-17-19-15-12(13)4-5-16-15/h4-8,10,14,21H,1-3,9H2,(H,16,19)/t10-,14+/m0/s1. The Labute approximate surface area is 121 Å². The fourth-order valence-corrected chi connectivity index (χ4v) is 3.34. The van der Waals surface area contributed by atoms with Gasteiger partial charge >= 0.3 is 0 Å². The second kappa shape index (κ2) is 4.96. The summed E-state index contributed by atoms with van der Waals surface area (Å²) in [5.74, 6) is 0.320. The molecule has 0 spiro atoms. The van der Waals surface area contributed by atoms with E-state index in [4.69, 9.17) is 0 Å². The number of aliphatic hydroxyl groups is 1. The summed E-state index contributed by atoms with van der Waals surface area (Å²) in [6.07, 6.45) is 10.9. The molecule has 0 unspecified atom stereocenters. The average Bonchev–Trinajstić information content (AvgIpc) is 3.24. The first-order valence-corrected chi connectivity index (χ1v) is 7.31. The maximum absolute atomic E-state index is 9.47. The molecule has 3 heterocycles. The molecular formula is C15H17N5O. The Bertz CT molecular complexity index is 762. The number of aromatic amines is 1. The first-order chi connectivity index (χ1) is 10.4. The highest BCUT2D eigenvalue weighted by atomic mass is 16.3. The summed E-state index contributed by atoms with van der Waals surface area (Å²) in [4.78, 5) is 3.07. The highest BCUT2D eigenvalue weighted by Gasteiger charge is 2.28. The molecule has 1 fully saturated rings. The number of aromatic nitrogens is 5. The van der Waals surface area contributed by atoms with Gasteiger partial charge in [-0.25, -0.2) is 0 Å². The van der Waals surface area contributed by atoms with Crippen molar-refractivity contribution in [3.63, 3.8) is 0 Å². The Morgan fingerprint density at radius 1 is 1.33 bits per heavy atom. The van der Waals surface area contributed by atoms with E-state index in [0.717, 1.165) is 41.4 Å². The fraction of sp³-hybridized carbons (Fsp3) is 0.400. The Kier molecular flexibility index (Phi) is 2.96. The molecule has 108 valence electrons. The molecule has 1 aliphatic carbocycles. The predicted molar refractivity (Wildman–Crippen MR) is 78.6 cm³/mol. The number of hydrogen-bond donors (Lipinski definition) is 2. The first kappa shape index (κ1) is 12.5. The van der Waals surface area contributed by atoms with Crippen molar-refractivity contribution in [2.75, 3.05) is 6.61 Å². The summed E-state index contributed by atoms with van der Waals surface area (Å²) in [7, 11) is 0. The van der Waals surface area contributed by atoms with Crippen molar-refractivity contribution in [3.8, 4) is 11.1 Å². The second-order valence-electron chi connectivity index (χ2n) is 5.65. The summed E-state index contributed by atoms with van der Waals surface area (Å²) in [5.41, 5.74) is 2.86. The average molecular weight is 283 g/mol. The maximum atomic E-state index is 9.47. The van der Waals surface area contributed by atoms with Crippen LogP contribution in [-0.2, 0) is 0 Å². The van der Waals surface area contributed by atoms with Gasteiger partial charge in [0.2, 0.25) is 0 Å². The van der Waals surface area contributed by atoms with E-state index in [1.54, 1.807) is 6.20 Å². The third kappa shape index (κ3) is 2.03. The van der Waals surface area contributed by atoms with Crippen molar-refractivity contribution in [1.82, 2.24) is 25.0 Å². The van der Waals surface area contributed by atoms with Crippen molar-refractivity contribution in [3.05, 3.63) is 30.9 Å². The fourth-order valence-electron chi connectivity index (χ4n) is 3.34. The quantitative estimate of drug-likeness (QED) is 0.772. The molecule has 0 saturated heterocycles. The lowest BCUT2D eigenvalue weighted by molar-refractivity contribution is 0.190. The summed E-state index contributed by atoms with van der Waals surface area (Å²) < 4.78 is 2.00. The topological polar surface area (TPSA) is 79.6 Å². The van der Waals surface area contributed by atoms with Gasteiger partial charge in [0.25, 0.3) is 0 Å². The van der Waals surface area contributed by atoms with Crippen LogP contribution in [0.1, 0.15) is 25.3 Å². The molecule has 0 bridgehead atoms. The zero-order valence-electron chi connectivity index (χ0n) is 11.6. The molecule has 4 rings (SSSR count). The number of hydrogen-bond acceptors (Lipinski definition) is 4. The third-order valence-electron chi connectivity index (χ3n) is 4.47. The molecule has 0 radical (unpaired) electrons. The highest BCUT2D eigenvalue weighted by Crippen LogP contribution is 2.36. The maximum Gasteiger partial charge on any atom is 0.160 e. The lowest BCUT2D eigenvalue weighted by atomic mass is 10.1. The Morgan fingerprint density at radius 3 is 3.19 bits per heavy atom. The molecule has 1 saturated carbocycles. The van der Waals surface area contributed by atoms with Crippen LogP contribution in [0.15, 0.2) is 30.9 Å². The van der Waals surface area contributed by atoms with Crippen LogP contribution in [0.25, 0.3) is 22.2 Å². The number of rotatable bonds is 3. The minimum Gasteiger partial charge on any atom is -0.396 e. The van der Waals surface area contributed by atoms with Gasteiger partial charge in [0, 0.05) is 41.4 Å². The van der Waals surface area contributed by atoms with Gasteiger partial charge in [0.15, 0.2) is 5.65 Å². The van der Waals surface area contributed by atoms with Crippen LogP contribution in [-0.4, -0.2) is 36.7 Å². The largest absolute Gasteiger partial charge is 0.396 e. The molecule has 21 heavy (non-hydrogen) atoms. The van der Waals surface area contributed by atoms with Crippen LogP contribution in [0.4, 0.5) is 0 Å². The van der Waals surface area contributed by atoms with Gasteiger partial charge in [0.05, 0.1) is 18.4 Å². The van der Waals surface area contributed by atoms with Gasteiger partial charge in [-0.1, -0.05) is 6.42 Å². The van der Waals surface area contributed by atoms with Crippen molar-refractivity contribution < 1.29 is 5.11 Å². The number of nitrogens with one attached hydrogen (secondary N) is 1. The van der Waals surface area contributed by atoms with Crippen LogP contribution in [0, 0.1) is 5.92 Å². The van der Waals surface area contributed by atoms with E-state index in [1.807, 2.05) is 23.1 Å². The van der Waals surface area contributed by atoms with E-state index in [0.29, 0.717) is 12.0 Å². The highest BCUT2D eigenvalue weighted by molar-refractivity contribution is 5.91. The molecule has 2 N–H and O–H groups in total. The molecule has 3 aromatic rings. The molecule has 3 aromatic heterocycles. The minimum absolute atomic E-state index is 0.235. The molecule has 0 aliphatic heterocycles. The smallest absolute Gasteiger partial charge is 0.160 e. The second-order valence-corrected chi connectivity index (χ2v) is 5.65. The zero-order valence-corrected chi connectivity index (χ0v) is 11.6. The molecule has 0 aromatic carbocycles. The van der Waals surface area contributed by atoms with Gasteiger partial charge in [-0.15, -0.1) is 5.10 Å². The monoisotopic (exact) mass is 283 g/mol. The Hall–Kier alpha value is -2.21. The van der Waals surface area contributed by atoms with E-state index < -0.39 is 0 Å². The van der Waals surface area contributed by atoms with Crippen molar-refractivity contribution in [1.29, 1.82) is 0 Å². The van der Waals surface area contributed by atoms with E-state index in [-0.39, 0.29) is 6.61 Å². The van der Waals surface area contributed by atoms with E-state index >= 15 is 0 Å². The van der Waals surface area contributed by atoms with E-state index in [2.05, 4.69) is 26.5 Å². The van der Waals surface area contributed by atoms with Gasteiger partial charge in [-0.05, 0) is 18.9 Å². The Morgan fingerprint density at radius 2 is 2.29 bits per heavy atom. The van der Waals surface area contributed by atoms with Crippen molar-refractivity contribution in [2.45, 2.75) is 25.3 Å². The summed E-state index contributed by atoms with van der Waals surface area (Å²) in [6.45, 7) is 0.235. The minimum atomic E-state index is 0.235. The van der Waals surface area contributed by atoms with E-state index in [9.17, 15) is 5.11 Å². The van der Waals surface area contributed by atoms with Gasteiger partial charge in [0.1, 0.15) is 0 Å². The molecule has 1 aliphatic rings. The number of fused-ring (bicyclic) bond motifs is 1. The lowest BCUT2D eigenvalue weighted by Gasteiger charge is -2.17. The Balaban J connectivity index is 1.73. The van der Waals surface area contributed by atoms with Gasteiger partial charge in [-0.3, -0.25) is 4.68 Å². The number of aliphatic hydroxyl groups excluding tert-OH is 1. The molecule has 6 heteroatoms. The third-order valence-corrected chi connectivity index (χ3v) is 4.47. The number of nitrogens with zero attached hydrogens (tertiary/aromatic N) is 4. The van der Waals surface area contributed by atoms with Crippen LogP contribution in [0.5, 0.6) is 0 Å². The van der Waals surface area contributed by atoms with Crippen LogP contribution in [0.2, 0.25) is 0 Å². The lowest BCUT2D eigenvalue weighted by Crippen LogP contribution is -2.17. The van der Waals surface area contributed by atoms with Crippen LogP contribution in [0.3, 0.4) is 0 Å². The van der Waals surface area contributed by atoms with Crippen LogP contribution < -0.4 is 0 Å². The summed E-state index contributed by atoms with van der Waals surface area (Å²) in [5, 5.41) is 23.1. The van der Waals surface area contributed by atoms with Crippen molar-refractivity contribution in [2.24, 2.45) is 5.92 Å². The summed E-state index contributed by atoms with van der Waals surface area (Å²) >= 11 is 0. The zero-order chi connectivity index (χ0) is 14.2. The van der Waals surface area contributed by atoms with E-state index in [1.165, 1.54) is 0 Å². The molecule has 2 atom stereocenters. The SMILES string of the molecule is OC[C@@H]1CCC[C@H]1n1cc(-c2cnnc3[nH]ccc23)cn1.